The Bertz CT molecular complexity index is 211. The average Bonchev–Trinajstić information content (AvgIpc) is 2.18. The summed E-state index contributed by atoms with van der Waals surface area (Å²) < 4.78 is 5.35. The van der Waals surface area contributed by atoms with Gasteiger partial charge in [-0.1, -0.05) is 0 Å². The van der Waals surface area contributed by atoms with E-state index in [1.54, 1.807) is 0 Å². The molecule has 80 valence electrons. The first-order chi connectivity index (χ1) is 6.74. The highest BCUT2D eigenvalue weighted by Gasteiger charge is 2.20. The standard InChI is InChI=1S/C9H16N2O2S/c1-8-6-11(3-4-13-8)9(12)7-14-5-2-10/h2,8,10H,3-7H2,1H3. The molecule has 1 saturated heterocycles. The van der Waals surface area contributed by atoms with Crippen molar-refractivity contribution in [2.24, 2.45) is 0 Å². The molecule has 0 radical (unpaired) electrons. The zero-order valence-electron chi connectivity index (χ0n) is 8.36. The van der Waals surface area contributed by atoms with Gasteiger partial charge in [0.05, 0.1) is 18.5 Å². The summed E-state index contributed by atoms with van der Waals surface area (Å²) in [5.41, 5.74) is 0. The van der Waals surface area contributed by atoms with Gasteiger partial charge < -0.3 is 15.0 Å². The number of hydrogen-bond acceptors (Lipinski definition) is 4. The van der Waals surface area contributed by atoms with Gasteiger partial charge in [0, 0.05) is 25.1 Å². The lowest BCUT2D eigenvalue weighted by molar-refractivity contribution is -0.135. The fraction of sp³-hybridized carbons (Fsp3) is 0.778. The van der Waals surface area contributed by atoms with E-state index in [-0.39, 0.29) is 12.0 Å². The minimum Gasteiger partial charge on any atom is -0.375 e. The highest BCUT2D eigenvalue weighted by Crippen LogP contribution is 2.07. The molecule has 1 heterocycles. The monoisotopic (exact) mass is 216 g/mol. The number of carbonyl (C=O) groups is 1. The van der Waals surface area contributed by atoms with Gasteiger partial charge >= 0.3 is 0 Å². The zero-order chi connectivity index (χ0) is 10.4. The van der Waals surface area contributed by atoms with Crippen molar-refractivity contribution in [3.63, 3.8) is 0 Å². The van der Waals surface area contributed by atoms with E-state index in [1.165, 1.54) is 18.0 Å². The molecule has 0 aromatic heterocycles. The SMILES string of the molecule is CC1CN(C(=O)CSCC=N)CCO1. The van der Waals surface area contributed by atoms with Crippen molar-refractivity contribution in [3.8, 4) is 0 Å². The summed E-state index contributed by atoms with van der Waals surface area (Å²) in [6.45, 7) is 4.02. The lowest BCUT2D eigenvalue weighted by Crippen LogP contribution is -2.45. The second kappa shape index (κ2) is 6.03. The summed E-state index contributed by atoms with van der Waals surface area (Å²) in [5.74, 6) is 1.25. The van der Waals surface area contributed by atoms with E-state index in [2.05, 4.69) is 0 Å². The number of nitrogens with zero attached hydrogens (tertiary/aromatic N) is 1. The summed E-state index contributed by atoms with van der Waals surface area (Å²) in [5, 5.41) is 6.83. The van der Waals surface area contributed by atoms with Crippen LogP contribution in [0.5, 0.6) is 0 Å². The summed E-state index contributed by atoms with van der Waals surface area (Å²) in [6, 6.07) is 0. The molecule has 1 rings (SSSR count). The topological polar surface area (TPSA) is 53.4 Å². The summed E-state index contributed by atoms with van der Waals surface area (Å²) in [4.78, 5) is 13.4. The molecule has 1 atom stereocenters. The number of carbonyl (C=O) groups excluding carboxylic acids is 1. The van der Waals surface area contributed by atoms with Gasteiger partial charge in [0.25, 0.3) is 0 Å². The third-order valence-corrected chi connectivity index (χ3v) is 2.87. The fourth-order valence-corrected chi connectivity index (χ4v) is 1.93. The molecule has 0 aromatic rings. The van der Waals surface area contributed by atoms with Gasteiger partial charge in [-0.2, -0.15) is 0 Å². The molecule has 1 amide bonds. The second-order valence-corrected chi connectivity index (χ2v) is 4.27. The Labute approximate surface area is 88.5 Å². The first kappa shape index (κ1) is 11.5. The van der Waals surface area contributed by atoms with Gasteiger partial charge in [0.2, 0.25) is 5.91 Å². The molecular formula is C9H16N2O2S. The third kappa shape index (κ3) is 3.67. The molecule has 14 heavy (non-hydrogen) atoms. The maximum Gasteiger partial charge on any atom is 0.232 e. The van der Waals surface area contributed by atoms with Gasteiger partial charge in [-0.25, -0.2) is 0 Å². The van der Waals surface area contributed by atoms with Gasteiger partial charge in [-0.05, 0) is 6.92 Å². The van der Waals surface area contributed by atoms with Crippen molar-refractivity contribution in [1.82, 2.24) is 4.90 Å². The lowest BCUT2D eigenvalue weighted by atomic mass is 10.3. The van der Waals surface area contributed by atoms with Crippen LogP contribution in [0.1, 0.15) is 6.92 Å². The van der Waals surface area contributed by atoms with Gasteiger partial charge in [0.1, 0.15) is 0 Å². The highest BCUT2D eigenvalue weighted by atomic mass is 32.2. The molecular weight excluding hydrogens is 200 g/mol. The van der Waals surface area contributed by atoms with Crippen molar-refractivity contribution < 1.29 is 9.53 Å². The van der Waals surface area contributed by atoms with Crippen molar-refractivity contribution in [3.05, 3.63) is 0 Å². The quantitative estimate of drug-likeness (QED) is 0.553. The molecule has 4 nitrogen and oxygen atoms in total. The largest absolute Gasteiger partial charge is 0.375 e. The van der Waals surface area contributed by atoms with E-state index >= 15 is 0 Å². The predicted octanol–water partition coefficient (Wildman–Crippen LogP) is 0.616. The Kier molecular flexibility index (Phi) is 4.97. The van der Waals surface area contributed by atoms with Gasteiger partial charge in [0.15, 0.2) is 0 Å². The van der Waals surface area contributed by atoms with Crippen LogP contribution in [-0.4, -0.2) is 54.3 Å². The van der Waals surface area contributed by atoms with E-state index in [1.807, 2.05) is 11.8 Å². The molecule has 1 aliphatic rings. The van der Waals surface area contributed by atoms with Crippen LogP contribution in [0, 0.1) is 5.41 Å². The molecule has 0 aliphatic carbocycles. The van der Waals surface area contributed by atoms with Crippen LogP contribution in [-0.2, 0) is 9.53 Å². The van der Waals surface area contributed by atoms with Crippen LogP contribution in [0.25, 0.3) is 0 Å². The third-order valence-electron chi connectivity index (χ3n) is 2.02. The Hall–Kier alpha value is -0.550. The summed E-state index contributed by atoms with van der Waals surface area (Å²) in [6.07, 6.45) is 1.47. The first-order valence-electron chi connectivity index (χ1n) is 4.70. The fourth-order valence-electron chi connectivity index (χ4n) is 1.34. The minimum atomic E-state index is 0.153. The lowest BCUT2D eigenvalue weighted by Gasteiger charge is -2.31. The van der Waals surface area contributed by atoms with Crippen LogP contribution >= 0.6 is 11.8 Å². The van der Waals surface area contributed by atoms with Crippen LogP contribution in [0.3, 0.4) is 0 Å². The number of rotatable bonds is 4. The van der Waals surface area contributed by atoms with E-state index in [0.29, 0.717) is 31.2 Å². The molecule has 1 fully saturated rings. The number of ether oxygens (including phenoxy) is 1. The molecule has 0 spiro atoms. The van der Waals surface area contributed by atoms with E-state index < -0.39 is 0 Å². The van der Waals surface area contributed by atoms with Crippen LogP contribution in [0.15, 0.2) is 0 Å². The molecule has 0 saturated carbocycles. The number of morpholine rings is 1. The summed E-state index contributed by atoms with van der Waals surface area (Å²) in [7, 11) is 0. The van der Waals surface area contributed by atoms with E-state index in [9.17, 15) is 4.79 Å². The Morgan fingerprint density at radius 2 is 2.57 bits per heavy atom. The molecule has 5 heteroatoms. The summed E-state index contributed by atoms with van der Waals surface area (Å²) >= 11 is 1.48. The van der Waals surface area contributed by atoms with Crippen LogP contribution in [0.2, 0.25) is 0 Å². The smallest absolute Gasteiger partial charge is 0.232 e. The van der Waals surface area contributed by atoms with Crippen LogP contribution < -0.4 is 0 Å². The number of nitrogens with one attached hydrogen (secondary N) is 1. The molecule has 1 N–H and O–H groups in total. The van der Waals surface area contributed by atoms with Gasteiger partial charge in [-0.3, -0.25) is 4.79 Å². The Morgan fingerprint density at radius 1 is 1.79 bits per heavy atom. The first-order valence-corrected chi connectivity index (χ1v) is 5.85. The number of hydrogen-bond donors (Lipinski definition) is 1. The van der Waals surface area contributed by atoms with E-state index in [0.717, 1.165) is 0 Å². The van der Waals surface area contributed by atoms with Gasteiger partial charge in [-0.15, -0.1) is 11.8 Å². The normalized spacial score (nSPS) is 22.1. The van der Waals surface area contributed by atoms with Crippen molar-refractivity contribution in [2.75, 3.05) is 31.2 Å². The molecule has 0 bridgehead atoms. The van der Waals surface area contributed by atoms with Crippen LogP contribution in [0.4, 0.5) is 0 Å². The highest BCUT2D eigenvalue weighted by molar-refractivity contribution is 8.00. The maximum atomic E-state index is 11.6. The van der Waals surface area contributed by atoms with E-state index in [4.69, 9.17) is 10.1 Å². The predicted molar refractivity (Wildman–Crippen MR) is 58.1 cm³/mol. The molecule has 0 aromatic carbocycles. The Morgan fingerprint density at radius 3 is 3.21 bits per heavy atom. The minimum absolute atomic E-state index is 0.153. The zero-order valence-corrected chi connectivity index (χ0v) is 9.18. The maximum absolute atomic E-state index is 11.6. The Balaban J connectivity index is 2.25. The number of thioether (sulfide) groups is 1. The second-order valence-electron chi connectivity index (χ2n) is 3.24. The van der Waals surface area contributed by atoms with Crippen molar-refractivity contribution in [1.29, 1.82) is 5.41 Å². The van der Waals surface area contributed by atoms with Crippen molar-refractivity contribution >= 4 is 23.9 Å². The number of amides is 1. The molecule has 1 aliphatic heterocycles. The van der Waals surface area contributed by atoms with Crippen molar-refractivity contribution in [2.45, 2.75) is 13.0 Å². The average molecular weight is 216 g/mol. The molecule has 1 unspecified atom stereocenters.